The van der Waals surface area contributed by atoms with Crippen molar-refractivity contribution in [1.29, 1.82) is 0 Å². The quantitative estimate of drug-likeness (QED) is 0.838. The van der Waals surface area contributed by atoms with E-state index < -0.39 is 5.97 Å². The first-order chi connectivity index (χ1) is 8.54. The normalized spacial score (nSPS) is 11.8. The van der Waals surface area contributed by atoms with Crippen LogP contribution in [-0.4, -0.2) is 36.7 Å². The second-order valence-electron chi connectivity index (χ2n) is 4.43. The second-order valence-corrected chi connectivity index (χ2v) is 4.43. The molecule has 108 valence electrons. The Morgan fingerprint density at radius 1 is 1.37 bits per heavy atom. The Kier molecular flexibility index (Phi) is 8.19. The zero-order valence-electron chi connectivity index (χ0n) is 11.6. The molecule has 0 bridgehead atoms. The first kappa shape index (κ1) is 17.7. The Bertz CT molecular complexity index is 381. The lowest BCUT2D eigenvalue weighted by molar-refractivity contribution is -0.137. The maximum atomic E-state index is 10.5. The number of rotatable bonds is 7. The number of carbonyl (C=O) groups is 1. The van der Waals surface area contributed by atoms with Crippen LogP contribution in [0.5, 0.6) is 5.75 Å². The van der Waals surface area contributed by atoms with Crippen LogP contribution >= 0.6 is 12.4 Å². The van der Waals surface area contributed by atoms with E-state index in [1.807, 2.05) is 31.3 Å². The topological polar surface area (TPSA) is 49.8 Å². The van der Waals surface area contributed by atoms with E-state index in [-0.39, 0.29) is 24.9 Å². The number of halogens is 1. The molecule has 0 aliphatic heterocycles. The van der Waals surface area contributed by atoms with Gasteiger partial charge in [-0.15, -0.1) is 12.4 Å². The van der Waals surface area contributed by atoms with Crippen molar-refractivity contribution in [3.63, 3.8) is 0 Å². The highest BCUT2D eigenvalue weighted by Crippen LogP contribution is 2.21. The fraction of sp³-hybridized carbons (Fsp3) is 0.500. The van der Waals surface area contributed by atoms with Gasteiger partial charge in [0.2, 0.25) is 0 Å². The molecule has 0 spiro atoms. The molecule has 4 nitrogen and oxygen atoms in total. The molecule has 0 aromatic heterocycles. The smallest absolute Gasteiger partial charge is 0.303 e. The van der Waals surface area contributed by atoms with Gasteiger partial charge in [-0.2, -0.15) is 0 Å². The lowest BCUT2D eigenvalue weighted by Gasteiger charge is -2.25. The SMILES string of the molecule is COc1ccc(C(C)N(C)CCCC(=O)O)cc1.Cl. The molecule has 1 aromatic rings. The van der Waals surface area contributed by atoms with Crippen LogP contribution in [0.1, 0.15) is 31.4 Å². The molecule has 19 heavy (non-hydrogen) atoms. The number of ether oxygens (including phenoxy) is 1. The van der Waals surface area contributed by atoms with Crippen LogP contribution < -0.4 is 4.74 Å². The van der Waals surface area contributed by atoms with Crippen molar-refractivity contribution in [2.45, 2.75) is 25.8 Å². The largest absolute Gasteiger partial charge is 0.497 e. The minimum atomic E-state index is -0.736. The highest BCUT2D eigenvalue weighted by Gasteiger charge is 2.11. The van der Waals surface area contributed by atoms with Gasteiger partial charge in [0.1, 0.15) is 5.75 Å². The maximum absolute atomic E-state index is 10.5. The summed E-state index contributed by atoms with van der Waals surface area (Å²) in [7, 11) is 3.66. The van der Waals surface area contributed by atoms with Gasteiger partial charge in [0.05, 0.1) is 7.11 Å². The molecule has 0 saturated carbocycles. The number of nitrogens with zero attached hydrogens (tertiary/aromatic N) is 1. The third-order valence-corrected chi connectivity index (χ3v) is 3.16. The molecule has 0 heterocycles. The van der Waals surface area contributed by atoms with Crippen LogP contribution in [0.4, 0.5) is 0 Å². The first-order valence-electron chi connectivity index (χ1n) is 6.10. The summed E-state index contributed by atoms with van der Waals surface area (Å²) in [4.78, 5) is 12.6. The molecule has 0 radical (unpaired) electrons. The lowest BCUT2D eigenvalue weighted by Crippen LogP contribution is -2.24. The minimum Gasteiger partial charge on any atom is -0.497 e. The van der Waals surface area contributed by atoms with Crippen LogP contribution in [0.25, 0.3) is 0 Å². The fourth-order valence-corrected chi connectivity index (χ4v) is 1.81. The van der Waals surface area contributed by atoms with Crippen molar-refractivity contribution in [3.8, 4) is 5.75 Å². The van der Waals surface area contributed by atoms with Gasteiger partial charge in [0.15, 0.2) is 0 Å². The third-order valence-electron chi connectivity index (χ3n) is 3.16. The molecule has 1 N–H and O–H groups in total. The Balaban J connectivity index is 0.00000324. The van der Waals surface area contributed by atoms with E-state index in [1.165, 1.54) is 5.56 Å². The number of hydrogen-bond acceptors (Lipinski definition) is 3. The average molecular weight is 288 g/mol. The Morgan fingerprint density at radius 2 is 1.95 bits per heavy atom. The van der Waals surface area contributed by atoms with Gasteiger partial charge in [0, 0.05) is 12.5 Å². The van der Waals surface area contributed by atoms with Crippen molar-refractivity contribution >= 4 is 18.4 Å². The second kappa shape index (κ2) is 8.77. The zero-order valence-corrected chi connectivity index (χ0v) is 12.4. The predicted octanol–water partition coefficient (Wildman–Crippen LogP) is 2.97. The fourth-order valence-electron chi connectivity index (χ4n) is 1.81. The van der Waals surface area contributed by atoms with Crippen molar-refractivity contribution in [1.82, 2.24) is 4.90 Å². The average Bonchev–Trinajstić information content (AvgIpc) is 2.37. The van der Waals surface area contributed by atoms with Crippen LogP contribution in [0.15, 0.2) is 24.3 Å². The highest BCUT2D eigenvalue weighted by atomic mass is 35.5. The van der Waals surface area contributed by atoms with Gasteiger partial charge in [0.25, 0.3) is 0 Å². The number of carboxylic acid groups (broad SMARTS) is 1. The van der Waals surface area contributed by atoms with Crippen molar-refractivity contribution < 1.29 is 14.6 Å². The van der Waals surface area contributed by atoms with E-state index in [2.05, 4.69) is 11.8 Å². The van der Waals surface area contributed by atoms with Crippen molar-refractivity contribution in [2.24, 2.45) is 0 Å². The molecule has 0 fully saturated rings. The van der Waals surface area contributed by atoms with Gasteiger partial charge in [-0.3, -0.25) is 9.69 Å². The lowest BCUT2D eigenvalue weighted by atomic mass is 10.1. The van der Waals surface area contributed by atoms with Crippen LogP contribution in [0.3, 0.4) is 0 Å². The highest BCUT2D eigenvalue weighted by molar-refractivity contribution is 5.85. The van der Waals surface area contributed by atoms with Gasteiger partial charge >= 0.3 is 5.97 Å². The molecule has 0 amide bonds. The molecular weight excluding hydrogens is 266 g/mol. The monoisotopic (exact) mass is 287 g/mol. The van der Waals surface area contributed by atoms with E-state index >= 15 is 0 Å². The number of carboxylic acids is 1. The minimum absolute atomic E-state index is 0. The molecule has 1 aromatic carbocycles. The summed E-state index contributed by atoms with van der Waals surface area (Å²) in [6, 6.07) is 8.23. The number of benzene rings is 1. The Morgan fingerprint density at radius 3 is 2.42 bits per heavy atom. The Hall–Kier alpha value is -1.26. The van der Waals surface area contributed by atoms with Crippen molar-refractivity contribution in [3.05, 3.63) is 29.8 Å². The van der Waals surface area contributed by atoms with Gasteiger partial charge in [-0.25, -0.2) is 0 Å². The molecule has 1 atom stereocenters. The molecule has 1 rings (SSSR count). The maximum Gasteiger partial charge on any atom is 0.303 e. The van der Waals surface area contributed by atoms with Crippen LogP contribution in [0, 0.1) is 0 Å². The molecule has 0 saturated heterocycles. The van der Waals surface area contributed by atoms with Crippen LogP contribution in [0.2, 0.25) is 0 Å². The Labute approximate surface area is 120 Å². The summed E-state index contributed by atoms with van der Waals surface area (Å²) in [5.74, 6) is 0.111. The third kappa shape index (κ3) is 5.94. The summed E-state index contributed by atoms with van der Waals surface area (Å²) in [6.45, 7) is 2.89. The number of aliphatic carboxylic acids is 1. The van der Waals surface area contributed by atoms with Gasteiger partial charge in [-0.1, -0.05) is 12.1 Å². The number of hydrogen-bond donors (Lipinski definition) is 1. The molecule has 0 aliphatic rings. The van der Waals surface area contributed by atoms with E-state index in [0.717, 1.165) is 12.3 Å². The van der Waals surface area contributed by atoms with Crippen LogP contribution in [-0.2, 0) is 4.79 Å². The summed E-state index contributed by atoms with van der Waals surface area (Å²) in [6.07, 6.45) is 0.895. The molecule has 0 aliphatic carbocycles. The summed E-state index contributed by atoms with van der Waals surface area (Å²) in [5, 5.41) is 8.61. The van der Waals surface area contributed by atoms with E-state index in [1.54, 1.807) is 7.11 Å². The predicted molar refractivity (Wildman–Crippen MR) is 78.2 cm³/mol. The van der Waals surface area contributed by atoms with E-state index in [0.29, 0.717) is 6.42 Å². The van der Waals surface area contributed by atoms with E-state index in [4.69, 9.17) is 9.84 Å². The van der Waals surface area contributed by atoms with Gasteiger partial charge < -0.3 is 9.84 Å². The molecule has 1 unspecified atom stereocenters. The standard InChI is InChI=1S/C14H21NO3.ClH/c1-11(15(2)10-4-5-14(16)17)12-6-8-13(18-3)9-7-12;/h6-9,11H,4-5,10H2,1-3H3,(H,16,17);1H. The zero-order chi connectivity index (χ0) is 13.5. The molecule has 5 heteroatoms. The summed E-state index contributed by atoms with van der Waals surface area (Å²) < 4.78 is 5.12. The number of methoxy groups -OCH3 is 1. The first-order valence-corrected chi connectivity index (χ1v) is 6.10. The van der Waals surface area contributed by atoms with Gasteiger partial charge in [-0.05, 0) is 44.6 Å². The summed E-state index contributed by atoms with van der Waals surface area (Å²) in [5.41, 5.74) is 1.20. The molecular formula is C14H22ClNO3. The van der Waals surface area contributed by atoms with E-state index in [9.17, 15) is 4.79 Å². The summed E-state index contributed by atoms with van der Waals surface area (Å²) >= 11 is 0. The van der Waals surface area contributed by atoms with Crippen molar-refractivity contribution in [2.75, 3.05) is 20.7 Å².